The minimum absolute atomic E-state index is 0.0773. The highest BCUT2D eigenvalue weighted by Gasteiger charge is 2.26. The van der Waals surface area contributed by atoms with Crippen LogP contribution in [0.1, 0.15) is 59.8 Å². The minimum Gasteiger partial charge on any atom is -0.389 e. The molecule has 4 rings (SSSR count). The SMILES string of the molecule is O=C(N[C@H](Cc1ccccn1)C(=O)CO)c1cccc(F)c1-c1cc(C2CCCCC2)[nH]n1. The van der Waals surface area contributed by atoms with E-state index in [1.807, 2.05) is 6.07 Å². The smallest absolute Gasteiger partial charge is 0.252 e. The van der Waals surface area contributed by atoms with Crippen LogP contribution in [0.2, 0.25) is 0 Å². The van der Waals surface area contributed by atoms with Crippen LogP contribution in [0.15, 0.2) is 48.7 Å². The molecule has 172 valence electrons. The quantitative estimate of drug-likeness (QED) is 0.486. The van der Waals surface area contributed by atoms with Crippen LogP contribution in [0.25, 0.3) is 11.3 Å². The Balaban J connectivity index is 1.60. The number of H-pyrrole nitrogens is 1. The number of benzene rings is 1. The molecule has 1 amide bonds. The van der Waals surface area contributed by atoms with Gasteiger partial charge in [-0.05, 0) is 43.2 Å². The van der Waals surface area contributed by atoms with E-state index in [1.54, 1.807) is 24.4 Å². The maximum atomic E-state index is 14.9. The maximum absolute atomic E-state index is 14.9. The standard InChI is InChI=1S/C25H27FN4O3/c26-19-11-6-10-18(24(19)22-14-20(29-30-22)16-7-2-1-3-8-16)25(33)28-21(23(32)15-31)13-17-9-4-5-12-27-17/h4-6,9-12,14,16,21,31H,1-3,7-8,13,15H2,(H,28,33)(H,29,30)/t21-/m1/s1. The van der Waals surface area contributed by atoms with Gasteiger partial charge in [0.25, 0.3) is 5.91 Å². The lowest BCUT2D eigenvalue weighted by Gasteiger charge is -2.19. The summed E-state index contributed by atoms with van der Waals surface area (Å²) in [5, 5.41) is 19.3. The number of nitrogens with one attached hydrogen (secondary N) is 2. The van der Waals surface area contributed by atoms with Gasteiger partial charge in [-0.2, -0.15) is 5.10 Å². The van der Waals surface area contributed by atoms with Gasteiger partial charge in [-0.1, -0.05) is 31.4 Å². The van der Waals surface area contributed by atoms with E-state index in [2.05, 4.69) is 20.5 Å². The van der Waals surface area contributed by atoms with Crippen molar-refractivity contribution in [3.05, 3.63) is 71.4 Å². The highest BCUT2D eigenvalue weighted by Crippen LogP contribution is 2.34. The van der Waals surface area contributed by atoms with Crippen molar-refractivity contribution < 1.29 is 19.1 Å². The molecular weight excluding hydrogens is 423 g/mol. The average molecular weight is 451 g/mol. The number of hydrogen-bond acceptors (Lipinski definition) is 5. The van der Waals surface area contributed by atoms with Crippen molar-refractivity contribution >= 4 is 11.7 Å². The summed E-state index contributed by atoms with van der Waals surface area (Å²) in [6.45, 7) is -0.724. The second-order valence-electron chi connectivity index (χ2n) is 8.38. The summed E-state index contributed by atoms with van der Waals surface area (Å²) >= 11 is 0. The van der Waals surface area contributed by atoms with E-state index in [9.17, 15) is 19.1 Å². The van der Waals surface area contributed by atoms with E-state index in [0.717, 1.165) is 31.4 Å². The number of halogens is 1. The zero-order valence-electron chi connectivity index (χ0n) is 18.3. The topological polar surface area (TPSA) is 108 Å². The molecule has 8 heteroatoms. The van der Waals surface area contributed by atoms with Crippen LogP contribution in [0.3, 0.4) is 0 Å². The third-order valence-corrected chi connectivity index (χ3v) is 6.15. The molecule has 1 atom stereocenters. The van der Waals surface area contributed by atoms with E-state index in [1.165, 1.54) is 24.6 Å². The van der Waals surface area contributed by atoms with Gasteiger partial charge in [0.15, 0.2) is 5.78 Å². The van der Waals surface area contributed by atoms with Crippen LogP contribution < -0.4 is 5.32 Å². The summed E-state index contributed by atoms with van der Waals surface area (Å²) in [4.78, 5) is 29.6. The summed E-state index contributed by atoms with van der Waals surface area (Å²) in [6, 6.07) is 10.3. The molecule has 3 aromatic rings. The average Bonchev–Trinajstić information content (AvgIpc) is 3.34. The van der Waals surface area contributed by atoms with Gasteiger partial charge >= 0.3 is 0 Å². The molecule has 2 heterocycles. The van der Waals surface area contributed by atoms with E-state index in [4.69, 9.17) is 0 Å². The number of nitrogens with zero attached hydrogens (tertiary/aromatic N) is 2. The van der Waals surface area contributed by atoms with Gasteiger partial charge in [0.1, 0.15) is 12.4 Å². The molecule has 1 aliphatic carbocycles. The molecule has 0 spiro atoms. The number of aliphatic hydroxyl groups is 1. The largest absolute Gasteiger partial charge is 0.389 e. The van der Waals surface area contributed by atoms with Crippen molar-refractivity contribution in [1.29, 1.82) is 0 Å². The fraction of sp³-hybridized carbons (Fsp3) is 0.360. The Morgan fingerprint density at radius 3 is 2.70 bits per heavy atom. The first-order valence-electron chi connectivity index (χ1n) is 11.3. The van der Waals surface area contributed by atoms with E-state index in [0.29, 0.717) is 17.3 Å². The van der Waals surface area contributed by atoms with Crippen molar-refractivity contribution in [1.82, 2.24) is 20.5 Å². The molecule has 1 aromatic carbocycles. The van der Waals surface area contributed by atoms with Gasteiger partial charge in [0.05, 0.1) is 22.9 Å². The van der Waals surface area contributed by atoms with Crippen molar-refractivity contribution in [2.75, 3.05) is 6.61 Å². The fourth-order valence-electron chi connectivity index (χ4n) is 4.38. The number of pyridine rings is 1. The van der Waals surface area contributed by atoms with E-state index >= 15 is 0 Å². The summed E-state index contributed by atoms with van der Waals surface area (Å²) < 4.78 is 14.9. The molecule has 0 radical (unpaired) electrons. The molecule has 33 heavy (non-hydrogen) atoms. The summed E-state index contributed by atoms with van der Waals surface area (Å²) in [7, 11) is 0. The summed E-state index contributed by atoms with van der Waals surface area (Å²) in [5.74, 6) is -1.38. The van der Waals surface area contributed by atoms with Gasteiger partial charge < -0.3 is 10.4 Å². The number of carbonyl (C=O) groups excluding carboxylic acids is 2. The lowest BCUT2D eigenvalue weighted by atomic mass is 9.87. The monoisotopic (exact) mass is 450 g/mol. The zero-order valence-corrected chi connectivity index (χ0v) is 18.3. The number of aromatic amines is 1. The van der Waals surface area contributed by atoms with Crippen LogP contribution in [-0.4, -0.2) is 44.6 Å². The Bertz CT molecular complexity index is 1110. The fourth-order valence-corrected chi connectivity index (χ4v) is 4.38. The molecule has 3 N–H and O–H groups in total. The number of carbonyl (C=O) groups is 2. The van der Waals surface area contributed by atoms with Crippen LogP contribution in [0, 0.1) is 5.82 Å². The second kappa shape index (κ2) is 10.5. The van der Waals surface area contributed by atoms with Crippen LogP contribution in [0.4, 0.5) is 4.39 Å². The van der Waals surface area contributed by atoms with Crippen LogP contribution >= 0.6 is 0 Å². The lowest BCUT2D eigenvalue weighted by molar-refractivity contribution is -0.123. The van der Waals surface area contributed by atoms with Gasteiger partial charge in [-0.3, -0.25) is 19.7 Å². The predicted molar refractivity (Wildman–Crippen MR) is 121 cm³/mol. The number of aromatic nitrogens is 3. The molecule has 1 aliphatic rings. The summed E-state index contributed by atoms with van der Waals surface area (Å²) in [6.07, 6.45) is 7.36. The Kier molecular flexibility index (Phi) is 7.24. The third kappa shape index (κ3) is 5.34. The van der Waals surface area contributed by atoms with Crippen molar-refractivity contribution in [2.45, 2.75) is 50.5 Å². The van der Waals surface area contributed by atoms with Gasteiger partial charge in [-0.25, -0.2) is 4.39 Å². The molecule has 0 unspecified atom stereocenters. The Morgan fingerprint density at radius 1 is 1.15 bits per heavy atom. The zero-order chi connectivity index (χ0) is 23.2. The number of ketones is 1. The molecule has 0 aliphatic heterocycles. The van der Waals surface area contributed by atoms with Crippen molar-refractivity contribution in [3.8, 4) is 11.3 Å². The molecule has 0 bridgehead atoms. The van der Waals surface area contributed by atoms with E-state index in [-0.39, 0.29) is 17.5 Å². The minimum atomic E-state index is -0.995. The van der Waals surface area contributed by atoms with E-state index < -0.39 is 30.2 Å². The first-order valence-corrected chi connectivity index (χ1v) is 11.3. The van der Waals surface area contributed by atoms with Gasteiger partial charge in [0.2, 0.25) is 0 Å². The maximum Gasteiger partial charge on any atom is 0.252 e. The number of amides is 1. The highest BCUT2D eigenvalue weighted by molar-refractivity contribution is 6.03. The molecule has 1 saturated carbocycles. The van der Waals surface area contributed by atoms with Crippen molar-refractivity contribution in [2.24, 2.45) is 0 Å². The number of Topliss-reactive ketones (excluding diaryl/α,β-unsaturated/α-hetero) is 1. The third-order valence-electron chi connectivity index (χ3n) is 6.15. The first kappa shape index (κ1) is 22.8. The number of aliphatic hydroxyl groups excluding tert-OH is 1. The Morgan fingerprint density at radius 2 is 1.97 bits per heavy atom. The second-order valence-corrected chi connectivity index (χ2v) is 8.38. The molecule has 2 aromatic heterocycles. The van der Waals surface area contributed by atoms with Crippen LogP contribution in [0.5, 0.6) is 0 Å². The van der Waals surface area contributed by atoms with Gasteiger partial charge in [0, 0.05) is 29.9 Å². The van der Waals surface area contributed by atoms with Gasteiger partial charge in [-0.15, -0.1) is 0 Å². The van der Waals surface area contributed by atoms with Crippen LogP contribution in [-0.2, 0) is 11.2 Å². The molecule has 0 saturated heterocycles. The normalized spacial score (nSPS) is 15.2. The summed E-state index contributed by atoms with van der Waals surface area (Å²) in [5.41, 5.74) is 2.06. The lowest BCUT2D eigenvalue weighted by Crippen LogP contribution is -2.44. The molecular formula is C25H27FN4O3. The van der Waals surface area contributed by atoms with Crippen molar-refractivity contribution in [3.63, 3.8) is 0 Å². The highest BCUT2D eigenvalue weighted by atomic mass is 19.1. The first-order chi connectivity index (χ1) is 16.1. The Labute approximate surface area is 191 Å². The molecule has 1 fully saturated rings. The number of hydrogen-bond donors (Lipinski definition) is 3. The Hall–Kier alpha value is -3.39. The number of rotatable bonds is 8. The predicted octanol–water partition coefficient (Wildman–Crippen LogP) is 3.56. The molecule has 7 nitrogen and oxygen atoms in total.